The molecule has 0 unspecified atom stereocenters. The molecular formula is C21H25N5O2. The minimum Gasteiger partial charge on any atom is -0.368 e. The standard InChI is InChI=1S/C21H25N5O2/c1-14-22-15(2)26(24-14)13-19(27)25-10-8-21(9-11-25)20-17(7-12-28-21)16-5-3-4-6-18(16)23-20/h3-6,23H,7-13H2,1-2H3. The molecule has 2 aliphatic rings. The molecule has 1 spiro atoms. The monoisotopic (exact) mass is 379 g/mol. The highest BCUT2D eigenvalue weighted by molar-refractivity contribution is 5.85. The van der Waals surface area contributed by atoms with Crippen LogP contribution in [0.25, 0.3) is 10.9 Å². The van der Waals surface area contributed by atoms with Gasteiger partial charge in [-0.25, -0.2) is 9.67 Å². The zero-order valence-electron chi connectivity index (χ0n) is 16.4. The molecule has 1 N–H and O–H groups in total. The number of aromatic amines is 1. The lowest BCUT2D eigenvalue weighted by Crippen LogP contribution is -2.49. The molecule has 146 valence electrons. The summed E-state index contributed by atoms with van der Waals surface area (Å²) in [5.41, 5.74) is 3.47. The zero-order chi connectivity index (χ0) is 19.3. The van der Waals surface area contributed by atoms with E-state index >= 15 is 0 Å². The first-order valence-electron chi connectivity index (χ1n) is 9.96. The molecule has 2 aliphatic heterocycles. The number of hydrogen-bond donors (Lipinski definition) is 1. The quantitative estimate of drug-likeness (QED) is 0.742. The SMILES string of the molecule is Cc1nc(C)n(CC(=O)N2CCC3(CC2)OCCc2c3[nH]c3ccccc23)n1. The van der Waals surface area contributed by atoms with Crippen LogP contribution in [0.2, 0.25) is 0 Å². The number of fused-ring (bicyclic) bond motifs is 4. The largest absolute Gasteiger partial charge is 0.368 e. The van der Waals surface area contributed by atoms with Crippen LogP contribution in [-0.2, 0) is 28.1 Å². The maximum Gasteiger partial charge on any atom is 0.244 e. The highest BCUT2D eigenvalue weighted by atomic mass is 16.5. The number of ether oxygens (including phenoxy) is 1. The van der Waals surface area contributed by atoms with Crippen LogP contribution in [-0.4, -0.2) is 50.3 Å². The Morgan fingerprint density at radius 2 is 2.04 bits per heavy atom. The first kappa shape index (κ1) is 17.4. The third-order valence-corrected chi connectivity index (χ3v) is 6.17. The van der Waals surface area contributed by atoms with E-state index in [4.69, 9.17) is 4.74 Å². The van der Waals surface area contributed by atoms with Gasteiger partial charge in [0.2, 0.25) is 5.91 Å². The highest BCUT2D eigenvalue weighted by Crippen LogP contribution is 2.43. The smallest absolute Gasteiger partial charge is 0.244 e. The fraction of sp³-hybridized carbons (Fsp3) is 0.476. The molecule has 1 amide bonds. The van der Waals surface area contributed by atoms with Crippen LogP contribution in [0.3, 0.4) is 0 Å². The third kappa shape index (κ3) is 2.73. The number of H-pyrrole nitrogens is 1. The van der Waals surface area contributed by atoms with E-state index in [0.29, 0.717) is 18.9 Å². The first-order chi connectivity index (χ1) is 13.6. The molecule has 5 rings (SSSR count). The number of carbonyl (C=O) groups excluding carboxylic acids is 1. The second-order valence-corrected chi connectivity index (χ2v) is 7.86. The molecule has 0 radical (unpaired) electrons. The Morgan fingerprint density at radius 3 is 2.79 bits per heavy atom. The number of aromatic nitrogens is 4. The van der Waals surface area contributed by atoms with Crippen molar-refractivity contribution < 1.29 is 9.53 Å². The first-order valence-corrected chi connectivity index (χ1v) is 9.96. The Labute approximate surface area is 163 Å². The lowest BCUT2D eigenvalue weighted by Gasteiger charge is -2.43. The molecule has 0 bridgehead atoms. The summed E-state index contributed by atoms with van der Waals surface area (Å²) in [6.07, 6.45) is 2.57. The second kappa shape index (κ2) is 6.44. The molecule has 2 aromatic heterocycles. The van der Waals surface area contributed by atoms with Gasteiger partial charge in [-0.1, -0.05) is 18.2 Å². The minimum atomic E-state index is -0.302. The predicted molar refractivity (Wildman–Crippen MR) is 105 cm³/mol. The van der Waals surface area contributed by atoms with Crippen molar-refractivity contribution in [2.24, 2.45) is 0 Å². The van der Waals surface area contributed by atoms with Crippen LogP contribution in [0, 0.1) is 13.8 Å². The summed E-state index contributed by atoms with van der Waals surface area (Å²) >= 11 is 0. The molecule has 7 nitrogen and oxygen atoms in total. The number of nitrogens with one attached hydrogen (secondary N) is 1. The summed E-state index contributed by atoms with van der Waals surface area (Å²) in [5, 5.41) is 5.61. The number of aryl methyl sites for hydroxylation is 2. The average molecular weight is 379 g/mol. The van der Waals surface area contributed by atoms with E-state index in [1.165, 1.54) is 22.2 Å². The molecule has 0 saturated carbocycles. The van der Waals surface area contributed by atoms with E-state index in [2.05, 4.69) is 39.3 Å². The van der Waals surface area contributed by atoms with Crippen molar-refractivity contribution in [3.63, 3.8) is 0 Å². The van der Waals surface area contributed by atoms with Gasteiger partial charge in [-0.2, -0.15) is 5.10 Å². The molecule has 1 saturated heterocycles. The number of piperidine rings is 1. The topological polar surface area (TPSA) is 76.0 Å². The van der Waals surface area contributed by atoms with Gasteiger partial charge in [0.15, 0.2) is 0 Å². The molecule has 4 heterocycles. The number of para-hydroxylation sites is 1. The van der Waals surface area contributed by atoms with Crippen molar-refractivity contribution in [2.45, 2.75) is 45.3 Å². The zero-order valence-corrected chi connectivity index (χ0v) is 16.4. The number of likely N-dealkylation sites (tertiary alicyclic amines) is 1. The van der Waals surface area contributed by atoms with Crippen LogP contribution in [0.4, 0.5) is 0 Å². The third-order valence-electron chi connectivity index (χ3n) is 6.17. The van der Waals surface area contributed by atoms with Gasteiger partial charge in [-0.3, -0.25) is 4.79 Å². The lowest BCUT2D eigenvalue weighted by molar-refractivity contribution is -0.141. The molecule has 1 fully saturated rings. The number of rotatable bonds is 2. The second-order valence-electron chi connectivity index (χ2n) is 7.86. The molecule has 0 atom stereocenters. The molecular weight excluding hydrogens is 354 g/mol. The van der Waals surface area contributed by atoms with Crippen LogP contribution < -0.4 is 0 Å². The van der Waals surface area contributed by atoms with Gasteiger partial charge in [-0.15, -0.1) is 0 Å². The van der Waals surface area contributed by atoms with Gasteiger partial charge in [-0.05, 0) is 44.7 Å². The normalized spacial score (nSPS) is 18.6. The van der Waals surface area contributed by atoms with E-state index in [-0.39, 0.29) is 18.1 Å². The van der Waals surface area contributed by atoms with Crippen molar-refractivity contribution >= 4 is 16.8 Å². The Morgan fingerprint density at radius 1 is 1.25 bits per heavy atom. The van der Waals surface area contributed by atoms with E-state index in [1.807, 2.05) is 18.7 Å². The highest BCUT2D eigenvalue weighted by Gasteiger charge is 2.43. The van der Waals surface area contributed by atoms with Gasteiger partial charge in [0.25, 0.3) is 0 Å². The summed E-state index contributed by atoms with van der Waals surface area (Å²) in [6.45, 7) is 6.10. The maximum absolute atomic E-state index is 12.8. The summed E-state index contributed by atoms with van der Waals surface area (Å²) < 4.78 is 8.02. The summed E-state index contributed by atoms with van der Waals surface area (Å²) in [5.74, 6) is 1.57. The Hall–Kier alpha value is -2.67. The Bertz CT molecular complexity index is 1040. The molecule has 28 heavy (non-hydrogen) atoms. The van der Waals surface area contributed by atoms with E-state index in [0.717, 1.165) is 31.7 Å². The van der Waals surface area contributed by atoms with Crippen LogP contribution >= 0.6 is 0 Å². The maximum atomic E-state index is 12.8. The van der Waals surface area contributed by atoms with E-state index in [1.54, 1.807) is 4.68 Å². The summed E-state index contributed by atoms with van der Waals surface area (Å²) in [6, 6.07) is 8.47. The van der Waals surface area contributed by atoms with Crippen LogP contribution in [0.5, 0.6) is 0 Å². The minimum absolute atomic E-state index is 0.0931. The number of nitrogens with zero attached hydrogens (tertiary/aromatic N) is 4. The van der Waals surface area contributed by atoms with Gasteiger partial charge in [0, 0.05) is 24.0 Å². The number of benzene rings is 1. The van der Waals surface area contributed by atoms with Gasteiger partial charge >= 0.3 is 0 Å². The lowest BCUT2D eigenvalue weighted by atomic mass is 9.83. The van der Waals surface area contributed by atoms with Gasteiger partial charge < -0.3 is 14.6 Å². The molecule has 7 heteroatoms. The van der Waals surface area contributed by atoms with Gasteiger partial charge in [0.05, 0.1) is 12.3 Å². The summed E-state index contributed by atoms with van der Waals surface area (Å²) in [7, 11) is 0. The van der Waals surface area contributed by atoms with Crippen molar-refractivity contribution in [3.8, 4) is 0 Å². The molecule has 3 aromatic rings. The van der Waals surface area contributed by atoms with E-state index in [9.17, 15) is 4.79 Å². The van der Waals surface area contributed by atoms with Crippen molar-refractivity contribution in [3.05, 3.63) is 47.2 Å². The van der Waals surface area contributed by atoms with Gasteiger partial charge in [0.1, 0.15) is 23.8 Å². The van der Waals surface area contributed by atoms with Crippen molar-refractivity contribution in [2.75, 3.05) is 19.7 Å². The Kier molecular flexibility index (Phi) is 4.01. The summed E-state index contributed by atoms with van der Waals surface area (Å²) in [4.78, 5) is 22.6. The van der Waals surface area contributed by atoms with E-state index < -0.39 is 0 Å². The fourth-order valence-corrected chi connectivity index (χ4v) is 4.72. The van der Waals surface area contributed by atoms with Crippen LogP contribution in [0.15, 0.2) is 24.3 Å². The molecule has 1 aromatic carbocycles. The number of carbonyl (C=O) groups is 1. The van der Waals surface area contributed by atoms with Crippen LogP contribution in [0.1, 0.15) is 35.7 Å². The Balaban J connectivity index is 1.35. The van der Waals surface area contributed by atoms with Crippen molar-refractivity contribution in [1.29, 1.82) is 0 Å². The number of amides is 1. The predicted octanol–water partition coefficient (Wildman–Crippen LogP) is 2.47. The average Bonchev–Trinajstić information content (AvgIpc) is 3.23. The fourth-order valence-electron chi connectivity index (χ4n) is 4.72. The molecule has 0 aliphatic carbocycles. The number of hydrogen-bond acceptors (Lipinski definition) is 4. The van der Waals surface area contributed by atoms with Crippen molar-refractivity contribution in [1.82, 2.24) is 24.6 Å².